The number of nitrogens with one attached hydrogen (secondary N) is 1. The summed E-state index contributed by atoms with van der Waals surface area (Å²) in [7, 11) is 3.91. The van der Waals surface area contributed by atoms with Crippen molar-refractivity contribution in [2.75, 3.05) is 19.0 Å². The minimum Gasteiger partial charge on any atom is -0.378 e. The summed E-state index contributed by atoms with van der Waals surface area (Å²) in [5, 5.41) is 9.92. The van der Waals surface area contributed by atoms with Crippen molar-refractivity contribution in [3.8, 4) is 17.3 Å². The van der Waals surface area contributed by atoms with Crippen LogP contribution < -0.4 is 10.5 Å². The molecule has 22 heavy (non-hydrogen) atoms. The van der Waals surface area contributed by atoms with E-state index in [-0.39, 0.29) is 5.56 Å². The van der Waals surface area contributed by atoms with Gasteiger partial charge in [-0.15, -0.1) is 0 Å². The Kier molecular flexibility index (Phi) is 3.36. The van der Waals surface area contributed by atoms with Crippen LogP contribution in [0.25, 0.3) is 22.2 Å². The van der Waals surface area contributed by atoms with Crippen molar-refractivity contribution < 1.29 is 0 Å². The van der Waals surface area contributed by atoms with E-state index in [1.54, 1.807) is 18.3 Å². The highest BCUT2D eigenvalue weighted by molar-refractivity contribution is 5.89. The zero-order chi connectivity index (χ0) is 15.7. The fourth-order valence-electron chi connectivity index (χ4n) is 2.40. The fourth-order valence-corrected chi connectivity index (χ4v) is 2.40. The molecular formula is C17H14N4O. The molecule has 0 saturated heterocycles. The molecule has 3 rings (SSSR count). The summed E-state index contributed by atoms with van der Waals surface area (Å²) in [5.74, 6) is 0. The van der Waals surface area contributed by atoms with Gasteiger partial charge in [-0.2, -0.15) is 5.26 Å². The van der Waals surface area contributed by atoms with Crippen molar-refractivity contribution in [3.63, 3.8) is 0 Å². The first-order valence-corrected chi connectivity index (χ1v) is 6.80. The number of pyridine rings is 2. The molecule has 0 radical (unpaired) electrons. The smallest absolute Gasteiger partial charge is 0.257 e. The predicted octanol–water partition coefficient (Wildman–Crippen LogP) is 2.53. The highest BCUT2D eigenvalue weighted by atomic mass is 16.1. The van der Waals surface area contributed by atoms with Gasteiger partial charge in [0.25, 0.3) is 5.56 Å². The van der Waals surface area contributed by atoms with Crippen LogP contribution in [-0.4, -0.2) is 24.1 Å². The topological polar surface area (TPSA) is 72.8 Å². The summed E-state index contributed by atoms with van der Waals surface area (Å²) in [5.41, 5.74) is 2.90. The first kappa shape index (κ1) is 13.8. The van der Waals surface area contributed by atoms with E-state index in [1.807, 2.05) is 43.3 Å². The number of fused-ring (bicyclic) bond motifs is 1. The monoisotopic (exact) mass is 290 g/mol. The summed E-state index contributed by atoms with van der Waals surface area (Å²) >= 11 is 0. The molecule has 2 aromatic heterocycles. The van der Waals surface area contributed by atoms with Crippen molar-refractivity contribution in [1.82, 2.24) is 9.97 Å². The Bertz CT molecular complexity index is 934. The van der Waals surface area contributed by atoms with Crippen molar-refractivity contribution in [3.05, 3.63) is 58.5 Å². The Balaban J connectivity index is 2.27. The van der Waals surface area contributed by atoms with Crippen molar-refractivity contribution >= 4 is 16.6 Å². The minimum absolute atomic E-state index is 0.242. The van der Waals surface area contributed by atoms with Crippen LogP contribution in [-0.2, 0) is 0 Å². The second kappa shape index (κ2) is 5.34. The van der Waals surface area contributed by atoms with Gasteiger partial charge in [0.15, 0.2) is 0 Å². The lowest BCUT2D eigenvalue weighted by molar-refractivity contribution is 1.13. The highest BCUT2D eigenvalue weighted by Gasteiger charge is 2.13. The number of benzene rings is 1. The number of H-pyrrole nitrogens is 1. The van der Waals surface area contributed by atoms with E-state index in [0.717, 1.165) is 11.3 Å². The lowest BCUT2D eigenvalue weighted by Crippen LogP contribution is -2.11. The lowest BCUT2D eigenvalue weighted by atomic mass is 10.0. The molecule has 108 valence electrons. The van der Waals surface area contributed by atoms with Crippen molar-refractivity contribution in [1.29, 1.82) is 5.26 Å². The molecule has 0 unspecified atom stereocenters. The molecule has 0 atom stereocenters. The van der Waals surface area contributed by atoms with E-state index in [4.69, 9.17) is 0 Å². The Morgan fingerprint density at radius 3 is 2.55 bits per heavy atom. The van der Waals surface area contributed by atoms with Gasteiger partial charge in [0.1, 0.15) is 11.6 Å². The van der Waals surface area contributed by atoms with E-state index in [9.17, 15) is 10.1 Å². The standard InChI is InChI=1S/C17H14N4O/c1-21(2)12-7-5-11(6-8-12)15-14(10-18)16-13(17(22)20-15)4-3-9-19-16/h3-9H,1-2H3,(H,20,22). The third kappa shape index (κ3) is 2.21. The Hall–Kier alpha value is -3.13. The predicted molar refractivity (Wildman–Crippen MR) is 86.8 cm³/mol. The molecule has 3 aromatic rings. The molecule has 0 saturated carbocycles. The Labute approximate surface area is 127 Å². The Morgan fingerprint density at radius 2 is 1.91 bits per heavy atom. The molecule has 0 aliphatic carbocycles. The van der Waals surface area contributed by atoms with Gasteiger partial charge in [-0.1, -0.05) is 12.1 Å². The van der Waals surface area contributed by atoms with E-state index >= 15 is 0 Å². The molecule has 0 spiro atoms. The van der Waals surface area contributed by atoms with Crippen LogP contribution in [0, 0.1) is 11.3 Å². The number of aromatic nitrogens is 2. The summed E-state index contributed by atoms with van der Waals surface area (Å²) in [6, 6.07) is 13.2. The third-order valence-corrected chi connectivity index (χ3v) is 3.56. The van der Waals surface area contributed by atoms with E-state index in [1.165, 1.54) is 0 Å². The molecular weight excluding hydrogens is 276 g/mol. The van der Waals surface area contributed by atoms with Crippen LogP contribution >= 0.6 is 0 Å². The molecule has 5 nitrogen and oxygen atoms in total. The van der Waals surface area contributed by atoms with E-state index in [0.29, 0.717) is 22.2 Å². The average molecular weight is 290 g/mol. The highest BCUT2D eigenvalue weighted by Crippen LogP contribution is 2.26. The molecule has 1 aromatic carbocycles. The van der Waals surface area contributed by atoms with Gasteiger partial charge in [0.2, 0.25) is 0 Å². The maximum atomic E-state index is 12.2. The van der Waals surface area contributed by atoms with E-state index in [2.05, 4.69) is 16.0 Å². The molecule has 1 N–H and O–H groups in total. The molecule has 2 heterocycles. The number of hydrogen-bond acceptors (Lipinski definition) is 4. The fraction of sp³-hybridized carbons (Fsp3) is 0.118. The molecule has 0 amide bonds. The summed E-state index contributed by atoms with van der Waals surface area (Å²) in [6.07, 6.45) is 1.58. The van der Waals surface area contributed by atoms with Crippen LogP contribution in [0.15, 0.2) is 47.4 Å². The zero-order valence-electron chi connectivity index (χ0n) is 12.3. The van der Waals surface area contributed by atoms with Gasteiger partial charge in [-0.3, -0.25) is 9.78 Å². The van der Waals surface area contributed by atoms with Crippen LogP contribution in [0.1, 0.15) is 5.56 Å². The van der Waals surface area contributed by atoms with Gasteiger partial charge in [0.05, 0.1) is 16.6 Å². The van der Waals surface area contributed by atoms with Gasteiger partial charge >= 0.3 is 0 Å². The van der Waals surface area contributed by atoms with Gasteiger partial charge in [0, 0.05) is 26.0 Å². The summed E-state index contributed by atoms with van der Waals surface area (Å²) < 4.78 is 0. The maximum Gasteiger partial charge on any atom is 0.257 e. The number of rotatable bonds is 2. The summed E-state index contributed by atoms with van der Waals surface area (Å²) in [4.78, 5) is 21.2. The third-order valence-electron chi connectivity index (χ3n) is 3.56. The lowest BCUT2D eigenvalue weighted by Gasteiger charge is -2.13. The van der Waals surface area contributed by atoms with Crippen LogP contribution in [0.3, 0.4) is 0 Å². The van der Waals surface area contributed by atoms with Crippen LogP contribution in [0.5, 0.6) is 0 Å². The number of aromatic amines is 1. The SMILES string of the molecule is CN(C)c1ccc(-c2[nH]c(=O)c3cccnc3c2C#N)cc1. The average Bonchev–Trinajstić information content (AvgIpc) is 2.55. The molecule has 0 aliphatic rings. The molecule has 0 fully saturated rings. The van der Waals surface area contributed by atoms with Gasteiger partial charge in [-0.05, 0) is 29.8 Å². The molecule has 5 heteroatoms. The normalized spacial score (nSPS) is 10.4. The second-order valence-corrected chi connectivity index (χ2v) is 5.16. The maximum absolute atomic E-state index is 12.2. The van der Waals surface area contributed by atoms with Crippen LogP contribution in [0.4, 0.5) is 5.69 Å². The van der Waals surface area contributed by atoms with E-state index < -0.39 is 0 Å². The van der Waals surface area contributed by atoms with Gasteiger partial charge < -0.3 is 9.88 Å². The van der Waals surface area contributed by atoms with Crippen molar-refractivity contribution in [2.45, 2.75) is 0 Å². The number of anilines is 1. The molecule has 0 aliphatic heterocycles. The quantitative estimate of drug-likeness (QED) is 0.787. The summed E-state index contributed by atoms with van der Waals surface area (Å²) in [6.45, 7) is 0. The number of hydrogen-bond donors (Lipinski definition) is 1. The van der Waals surface area contributed by atoms with Crippen LogP contribution in [0.2, 0.25) is 0 Å². The first-order valence-electron chi connectivity index (χ1n) is 6.80. The number of nitriles is 1. The Morgan fingerprint density at radius 1 is 1.18 bits per heavy atom. The zero-order valence-corrected chi connectivity index (χ0v) is 12.3. The number of nitrogens with zero attached hydrogens (tertiary/aromatic N) is 3. The molecule has 0 bridgehead atoms. The largest absolute Gasteiger partial charge is 0.378 e. The first-order chi connectivity index (χ1) is 10.6. The minimum atomic E-state index is -0.242. The van der Waals surface area contributed by atoms with Crippen molar-refractivity contribution in [2.24, 2.45) is 0 Å². The second-order valence-electron chi connectivity index (χ2n) is 5.16. The van der Waals surface area contributed by atoms with Gasteiger partial charge in [-0.25, -0.2) is 0 Å².